The molecule has 0 saturated carbocycles. The number of hydrogen-bond donors (Lipinski definition) is 1. The van der Waals surface area contributed by atoms with Gasteiger partial charge in [-0.3, -0.25) is 0 Å². The minimum atomic E-state index is 0.382. The van der Waals surface area contributed by atoms with Gasteiger partial charge in [0.2, 0.25) is 0 Å². The van der Waals surface area contributed by atoms with Crippen molar-refractivity contribution in [1.29, 1.82) is 0 Å². The quantitative estimate of drug-likeness (QED) is 0.516. The van der Waals surface area contributed by atoms with Crippen LogP contribution in [0.25, 0.3) is 0 Å². The molecule has 1 N–H and O–H groups in total. The van der Waals surface area contributed by atoms with E-state index in [0.29, 0.717) is 12.5 Å². The zero-order valence-corrected chi connectivity index (χ0v) is 9.83. The molecule has 0 amide bonds. The fourth-order valence-electron chi connectivity index (χ4n) is 2.19. The second kappa shape index (κ2) is 7.89. The Balaban J connectivity index is 1.96. The van der Waals surface area contributed by atoms with Crippen molar-refractivity contribution in [2.45, 2.75) is 38.5 Å². The first-order valence-electron chi connectivity index (χ1n) is 6.31. The van der Waals surface area contributed by atoms with E-state index in [1.807, 2.05) is 6.08 Å². The maximum absolute atomic E-state index is 9.02. The van der Waals surface area contributed by atoms with Gasteiger partial charge < -0.3 is 10.0 Å². The first kappa shape index (κ1) is 12.7. The van der Waals surface area contributed by atoms with E-state index in [4.69, 9.17) is 5.11 Å². The van der Waals surface area contributed by atoms with Crippen LogP contribution in [-0.2, 0) is 0 Å². The number of piperidine rings is 1. The first-order chi connectivity index (χ1) is 7.36. The van der Waals surface area contributed by atoms with Gasteiger partial charge >= 0.3 is 0 Å². The Bertz CT molecular complexity index is 162. The highest BCUT2D eigenvalue weighted by molar-refractivity contribution is 4.72. The van der Waals surface area contributed by atoms with E-state index in [9.17, 15) is 0 Å². The molecule has 0 aromatic carbocycles. The van der Waals surface area contributed by atoms with Crippen molar-refractivity contribution in [2.24, 2.45) is 5.92 Å². The van der Waals surface area contributed by atoms with Crippen LogP contribution in [0, 0.1) is 5.92 Å². The molecule has 1 aliphatic rings. The van der Waals surface area contributed by atoms with Crippen molar-refractivity contribution in [1.82, 2.24) is 4.90 Å². The molecule has 0 unspecified atom stereocenters. The fraction of sp³-hybridized carbons (Fsp3) is 0.846. The Morgan fingerprint density at radius 1 is 1.20 bits per heavy atom. The average Bonchev–Trinajstić information content (AvgIpc) is 2.30. The van der Waals surface area contributed by atoms with Gasteiger partial charge in [-0.2, -0.15) is 0 Å². The number of unbranched alkanes of at least 4 members (excludes halogenated alkanes) is 3. The minimum absolute atomic E-state index is 0.382. The van der Waals surface area contributed by atoms with Crippen molar-refractivity contribution in [2.75, 3.05) is 26.2 Å². The number of allylic oxidation sites excluding steroid dienone is 1. The van der Waals surface area contributed by atoms with Crippen molar-refractivity contribution in [3.8, 4) is 0 Å². The van der Waals surface area contributed by atoms with Gasteiger partial charge in [0.15, 0.2) is 0 Å². The van der Waals surface area contributed by atoms with Crippen molar-refractivity contribution >= 4 is 0 Å². The molecule has 0 atom stereocenters. The summed E-state index contributed by atoms with van der Waals surface area (Å²) in [5.74, 6) is 0.571. The molecule has 0 aromatic rings. The summed E-state index contributed by atoms with van der Waals surface area (Å²) >= 11 is 0. The number of aliphatic hydroxyl groups excluding tert-OH is 1. The first-order valence-corrected chi connectivity index (χ1v) is 6.31. The molecular formula is C13H25NO. The highest BCUT2D eigenvalue weighted by atomic mass is 16.3. The second-order valence-electron chi connectivity index (χ2n) is 4.61. The third-order valence-electron chi connectivity index (χ3n) is 3.35. The lowest BCUT2D eigenvalue weighted by Gasteiger charge is -2.30. The number of aliphatic hydroxyl groups is 1. The molecule has 2 heteroatoms. The van der Waals surface area contributed by atoms with Gasteiger partial charge in [-0.15, -0.1) is 6.58 Å². The maximum Gasteiger partial charge on any atom is 0.0460 e. The molecule has 2 nitrogen and oxygen atoms in total. The van der Waals surface area contributed by atoms with Crippen LogP contribution in [0.5, 0.6) is 0 Å². The predicted molar refractivity (Wildman–Crippen MR) is 64.9 cm³/mol. The van der Waals surface area contributed by atoms with E-state index in [0.717, 1.165) is 6.42 Å². The summed E-state index contributed by atoms with van der Waals surface area (Å²) in [6.07, 6.45) is 9.46. The van der Waals surface area contributed by atoms with E-state index in [1.54, 1.807) is 0 Å². The molecule has 1 rings (SSSR count). The molecule has 0 spiro atoms. The lowest BCUT2D eigenvalue weighted by molar-refractivity contribution is 0.130. The summed E-state index contributed by atoms with van der Waals surface area (Å²) in [5.41, 5.74) is 0. The van der Waals surface area contributed by atoms with Crippen LogP contribution in [0.1, 0.15) is 38.5 Å². The van der Waals surface area contributed by atoms with E-state index < -0.39 is 0 Å². The molecule has 0 radical (unpaired) electrons. The van der Waals surface area contributed by atoms with Crippen LogP contribution >= 0.6 is 0 Å². The topological polar surface area (TPSA) is 23.5 Å². The highest BCUT2D eigenvalue weighted by Crippen LogP contribution is 2.16. The molecule has 0 aliphatic carbocycles. The summed E-state index contributed by atoms with van der Waals surface area (Å²) in [6, 6.07) is 0. The Hall–Kier alpha value is -0.340. The molecule has 88 valence electrons. The molecule has 1 heterocycles. The third kappa shape index (κ3) is 5.33. The van der Waals surface area contributed by atoms with E-state index in [2.05, 4.69) is 11.5 Å². The van der Waals surface area contributed by atoms with Gasteiger partial charge in [0.1, 0.15) is 0 Å². The highest BCUT2D eigenvalue weighted by Gasteiger charge is 2.17. The molecule has 1 saturated heterocycles. The number of rotatable bonds is 7. The molecule has 1 fully saturated rings. The van der Waals surface area contributed by atoms with Crippen LogP contribution in [0.2, 0.25) is 0 Å². The molecule has 15 heavy (non-hydrogen) atoms. The van der Waals surface area contributed by atoms with Crippen LogP contribution in [0.15, 0.2) is 12.7 Å². The Labute approximate surface area is 94.0 Å². The zero-order chi connectivity index (χ0) is 10.9. The molecule has 0 aromatic heterocycles. The fourth-order valence-corrected chi connectivity index (χ4v) is 2.19. The Kier molecular flexibility index (Phi) is 6.69. The average molecular weight is 211 g/mol. The van der Waals surface area contributed by atoms with Crippen LogP contribution < -0.4 is 0 Å². The standard InChI is InChI=1S/C13H25NO/c1-2-3-4-5-6-9-14-10-7-13(12-15)8-11-14/h2,13,15H,1,3-12H2. The summed E-state index contributed by atoms with van der Waals surface area (Å²) < 4.78 is 0. The molecule has 1 aliphatic heterocycles. The molecule has 0 bridgehead atoms. The predicted octanol–water partition coefficient (Wildman–Crippen LogP) is 2.44. The van der Waals surface area contributed by atoms with Gasteiger partial charge in [-0.05, 0) is 57.7 Å². The van der Waals surface area contributed by atoms with Crippen LogP contribution in [0.4, 0.5) is 0 Å². The van der Waals surface area contributed by atoms with Gasteiger partial charge in [0.25, 0.3) is 0 Å². The smallest absolute Gasteiger partial charge is 0.0460 e. The lowest BCUT2D eigenvalue weighted by atomic mass is 9.98. The lowest BCUT2D eigenvalue weighted by Crippen LogP contribution is -2.35. The minimum Gasteiger partial charge on any atom is -0.396 e. The van der Waals surface area contributed by atoms with E-state index in [1.165, 1.54) is 51.7 Å². The normalized spacial score (nSPS) is 19.3. The van der Waals surface area contributed by atoms with Crippen molar-refractivity contribution < 1.29 is 5.11 Å². The number of likely N-dealkylation sites (tertiary alicyclic amines) is 1. The molecular weight excluding hydrogens is 186 g/mol. The summed E-state index contributed by atoms with van der Waals surface area (Å²) in [5, 5.41) is 9.02. The number of nitrogens with zero attached hydrogens (tertiary/aromatic N) is 1. The Morgan fingerprint density at radius 2 is 1.93 bits per heavy atom. The van der Waals surface area contributed by atoms with E-state index in [-0.39, 0.29) is 0 Å². The second-order valence-corrected chi connectivity index (χ2v) is 4.61. The van der Waals surface area contributed by atoms with E-state index >= 15 is 0 Å². The summed E-state index contributed by atoms with van der Waals surface area (Å²) in [6.45, 7) is 7.73. The Morgan fingerprint density at radius 3 is 2.53 bits per heavy atom. The SMILES string of the molecule is C=CCCCCCN1CCC(CO)CC1. The van der Waals surface area contributed by atoms with Gasteiger partial charge in [0.05, 0.1) is 0 Å². The van der Waals surface area contributed by atoms with Crippen molar-refractivity contribution in [3.63, 3.8) is 0 Å². The van der Waals surface area contributed by atoms with Crippen LogP contribution in [-0.4, -0.2) is 36.2 Å². The van der Waals surface area contributed by atoms with Gasteiger partial charge in [-0.25, -0.2) is 0 Å². The third-order valence-corrected chi connectivity index (χ3v) is 3.35. The largest absolute Gasteiger partial charge is 0.396 e. The van der Waals surface area contributed by atoms with Crippen molar-refractivity contribution in [3.05, 3.63) is 12.7 Å². The summed E-state index contributed by atoms with van der Waals surface area (Å²) in [4.78, 5) is 2.54. The monoisotopic (exact) mass is 211 g/mol. The number of hydrogen-bond acceptors (Lipinski definition) is 2. The maximum atomic E-state index is 9.02. The zero-order valence-electron chi connectivity index (χ0n) is 9.83. The van der Waals surface area contributed by atoms with Gasteiger partial charge in [0, 0.05) is 6.61 Å². The van der Waals surface area contributed by atoms with Crippen LogP contribution in [0.3, 0.4) is 0 Å². The summed E-state index contributed by atoms with van der Waals surface area (Å²) in [7, 11) is 0. The van der Waals surface area contributed by atoms with Gasteiger partial charge in [-0.1, -0.05) is 12.5 Å².